The topological polar surface area (TPSA) is 78.6 Å². The number of amides is 1. The molecule has 0 aliphatic heterocycles. The van der Waals surface area contributed by atoms with Crippen LogP contribution in [0.4, 0.5) is 5.69 Å². The highest BCUT2D eigenvalue weighted by molar-refractivity contribution is 6.05. The molecule has 0 aliphatic rings. The second-order valence-electron chi connectivity index (χ2n) is 7.55. The molecule has 0 saturated heterocycles. The molecule has 0 saturated carbocycles. The number of hydrogen-bond acceptors (Lipinski definition) is 5. The number of aliphatic hydroxyl groups is 1. The van der Waals surface area contributed by atoms with Crippen LogP contribution in [0.3, 0.4) is 0 Å². The van der Waals surface area contributed by atoms with Gasteiger partial charge < -0.3 is 9.52 Å². The molecule has 2 heterocycles. The molecular formula is C25H31N3O3. The lowest BCUT2D eigenvalue weighted by atomic mass is 10.1. The number of hydrazine groups is 1. The summed E-state index contributed by atoms with van der Waals surface area (Å²) in [7, 11) is 0. The van der Waals surface area contributed by atoms with Gasteiger partial charge in [-0.3, -0.25) is 9.78 Å². The summed E-state index contributed by atoms with van der Waals surface area (Å²) in [6, 6.07) is 16.6. The highest BCUT2D eigenvalue weighted by Gasteiger charge is 2.19. The molecular weight excluding hydrogens is 390 g/mol. The largest absolute Gasteiger partial charge is 0.469 e. The molecule has 0 aliphatic carbocycles. The number of aryl methyl sites for hydroxylation is 1. The number of pyridine rings is 1. The van der Waals surface area contributed by atoms with Crippen LogP contribution in [0, 0.1) is 0 Å². The van der Waals surface area contributed by atoms with Crippen molar-refractivity contribution in [1.29, 1.82) is 0 Å². The van der Waals surface area contributed by atoms with Crippen LogP contribution >= 0.6 is 0 Å². The summed E-state index contributed by atoms with van der Waals surface area (Å²) in [4.78, 5) is 17.6. The number of nitrogens with zero attached hydrogens (tertiary/aromatic N) is 2. The van der Waals surface area contributed by atoms with E-state index in [0.717, 1.165) is 37.9 Å². The molecule has 3 rings (SSSR count). The lowest BCUT2D eigenvalue weighted by Gasteiger charge is -2.24. The Kier molecular flexibility index (Phi) is 8.82. The van der Waals surface area contributed by atoms with Crippen molar-refractivity contribution in [2.75, 3.05) is 11.6 Å². The third-order valence-electron chi connectivity index (χ3n) is 5.13. The van der Waals surface area contributed by atoms with Crippen LogP contribution in [0.1, 0.15) is 66.9 Å². The second kappa shape index (κ2) is 12.0. The molecule has 1 aromatic carbocycles. The Morgan fingerprint density at radius 3 is 2.61 bits per heavy atom. The predicted octanol–water partition coefficient (Wildman–Crippen LogP) is 5.07. The van der Waals surface area contributed by atoms with Gasteiger partial charge in [-0.25, -0.2) is 10.4 Å². The molecule has 1 atom stereocenters. The molecule has 6 heteroatoms. The molecule has 1 unspecified atom stereocenters. The fraction of sp³-hybridized carbons (Fsp3) is 0.360. The van der Waals surface area contributed by atoms with Crippen LogP contribution in [-0.2, 0) is 6.42 Å². The second-order valence-corrected chi connectivity index (χ2v) is 7.55. The molecule has 2 aromatic heterocycles. The van der Waals surface area contributed by atoms with Crippen LogP contribution in [0.5, 0.6) is 0 Å². The van der Waals surface area contributed by atoms with E-state index in [1.54, 1.807) is 30.7 Å². The van der Waals surface area contributed by atoms with Gasteiger partial charge in [-0.2, -0.15) is 0 Å². The van der Waals surface area contributed by atoms with Crippen molar-refractivity contribution in [2.24, 2.45) is 0 Å². The average Bonchev–Trinajstić information content (AvgIpc) is 3.33. The minimum absolute atomic E-state index is 0.156. The van der Waals surface area contributed by atoms with E-state index in [2.05, 4.69) is 17.3 Å². The summed E-state index contributed by atoms with van der Waals surface area (Å²) >= 11 is 0. The Balaban J connectivity index is 1.68. The molecule has 3 aromatic rings. The normalized spacial score (nSPS) is 11.9. The van der Waals surface area contributed by atoms with Crippen molar-refractivity contribution in [3.63, 3.8) is 0 Å². The van der Waals surface area contributed by atoms with Crippen molar-refractivity contribution >= 4 is 11.6 Å². The Bertz CT molecular complexity index is 896. The summed E-state index contributed by atoms with van der Waals surface area (Å²) in [5.74, 6) is 0.766. The van der Waals surface area contributed by atoms with E-state index in [0.29, 0.717) is 29.9 Å². The van der Waals surface area contributed by atoms with Gasteiger partial charge in [0.1, 0.15) is 5.76 Å². The number of carbonyl (C=O) groups is 1. The van der Waals surface area contributed by atoms with Gasteiger partial charge >= 0.3 is 0 Å². The number of carbonyl (C=O) groups excluding carboxylic acids is 1. The van der Waals surface area contributed by atoms with Gasteiger partial charge in [-0.05, 0) is 49.2 Å². The standard InChI is InChI=1S/C25H31N3O3/c1-2-3-5-14-24(29)23-16-15-21(19-26-23)28(25(30)20-10-6-4-7-11-20)27-17-8-12-22-13-9-18-31-22/h4,6-7,9-11,13,15-16,18-19,24,27,29H,2-3,5,8,12,14,17H2,1H3. The Labute approximate surface area is 183 Å². The average molecular weight is 422 g/mol. The fourth-order valence-corrected chi connectivity index (χ4v) is 3.36. The summed E-state index contributed by atoms with van der Waals surface area (Å²) in [6.45, 7) is 2.74. The van der Waals surface area contributed by atoms with E-state index >= 15 is 0 Å². The molecule has 164 valence electrons. The maximum absolute atomic E-state index is 13.1. The summed E-state index contributed by atoms with van der Waals surface area (Å²) in [5, 5.41) is 11.9. The van der Waals surface area contributed by atoms with Gasteiger partial charge in [0.25, 0.3) is 5.91 Å². The SMILES string of the molecule is CCCCCC(O)c1ccc(N(NCCCc2ccco2)C(=O)c2ccccc2)cn1. The van der Waals surface area contributed by atoms with E-state index < -0.39 is 6.10 Å². The Morgan fingerprint density at radius 1 is 1.10 bits per heavy atom. The van der Waals surface area contributed by atoms with E-state index in [4.69, 9.17) is 4.42 Å². The number of benzene rings is 1. The van der Waals surface area contributed by atoms with Crippen LogP contribution in [0.25, 0.3) is 0 Å². The van der Waals surface area contributed by atoms with E-state index in [9.17, 15) is 9.90 Å². The number of aliphatic hydroxyl groups excluding tert-OH is 1. The predicted molar refractivity (Wildman–Crippen MR) is 122 cm³/mol. The first-order valence-electron chi connectivity index (χ1n) is 11.0. The van der Waals surface area contributed by atoms with E-state index in [1.165, 1.54) is 5.01 Å². The molecule has 0 spiro atoms. The maximum atomic E-state index is 13.1. The van der Waals surface area contributed by atoms with Crippen molar-refractivity contribution < 1.29 is 14.3 Å². The lowest BCUT2D eigenvalue weighted by molar-refractivity contribution is 0.0974. The minimum Gasteiger partial charge on any atom is -0.469 e. The number of rotatable bonds is 12. The van der Waals surface area contributed by atoms with Crippen molar-refractivity contribution in [3.05, 3.63) is 84.1 Å². The first-order valence-corrected chi connectivity index (χ1v) is 11.0. The highest BCUT2D eigenvalue weighted by Crippen LogP contribution is 2.21. The zero-order valence-electron chi connectivity index (χ0n) is 18.0. The third kappa shape index (κ3) is 6.77. The quantitative estimate of drug-likeness (QED) is 0.315. The highest BCUT2D eigenvalue weighted by atomic mass is 16.3. The number of anilines is 1. The lowest BCUT2D eigenvalue weighted by Crippen LogP contribution is -2.43. The number of furan rings is 1. The van der Waals surface area contributed by atoms with Crippen LogP contribution < -0.4 is 10.4 Å². The van der Waals surface area contributed by atoms with Gasteiger partial charge in [0.2, 0.25) is 0 Å². The molecule has 0 fully saturated rings. The smallest absolute Gasteiger partial charge is 0.272 e. The zero-order chi connectivity index (χ0) is 21.9. The Hall–Kier alpha value is -2.96. The van der Waals surface area contributed by atoms with Crippen LogP contribution in [-0.4, -0.2) is 22.5 Å². The Morgan fingerprint density at radius 2 is 1.94 bits per heavy atom. The molecule has 31 heavy (non-hydrogen) atoms. The molecule has 6 nitrogen and oxygen atoms in total. The van der Waals surface area contributed by atoms with Crippen molar-refractivity contribution in [3.8, 4) is 0 Å². The molecule has 2 N–H and O–H groups in total. The first kappa shape index (κ1) is 22.7. The summed E-state index contributed by atoms with van der Waals surface area (Å²) in [5.41, 5.74) is 5.08. The van der Waals surface area contributed by atoms with Crippen molar-refractivity contribution in [1.82, 2.24) is 10.4 Å². The zero-order valence-corrected chi connectivity index (χ0v) is 18.0. The fourth-order valence-electron chi connectivity index (χ4n) is 3.36. The number of aromatic nitrogens is 1. The number of nitrogens with one attached hydrogen (secondary N) is 1. The first-order chi connectivity index (χ1) is 15.2. The molecule has 0 radical (unpaired) electrons. The van der Waals surface area contributed by atoms with Gasteiger partial charge in [0, 0.05) is 18.5 Å². The van der Waals surface area contributed by atoms with Gasteiger partial charge in [0.05, 0.1) is 29.9 Å². The van der Waals surface area contributed by atoms with Crippen LogP contribution in [0.15, 0.2) is 71.5 Å². The summed E-state index contributed by atoms with van der Waals surface area (Å²) in [6.07, 6.45) is 8.19. The third-order valence-corrected chi connectivity index (χ3v) is 5.13. The maximum Gasteiger partial charge on any atom is 0.272 e. The molecule has 1 amide bonds. The van der Waals surface area contributed by atoms with Gasteiger partial charge in [-0.15, -0.1) is 0 Å². The van der Waals surface area contributed by atoms with Gasteiger partial charge in [-0.1, -0.05) is 44.4 Å². The van der Waals surface area contributed by atoms with E-state index in [-0.39, 0.29) is 5.91 Å². The number of hydrogen-bond donors (Lipinski definition) is 2. The monoisotopic (exact) mass is 421 g/mol. The van der Waals surface area contributed by atoms with Crippen molar-refractivity contribution in [2.45, 2.75) is 51.6 Å². The minimum atomic E-state index is -0.583. The van der Waals surface area contributed by atoms with E-state index in [1.807, 2.05) is 36.4 Å². The number of unbranched alkanes of at least 4 members (excludes halogenated alkanes) is 2. The molecule has 0 bridgehead atoms. The summed E-state index contributed by atoms with van der Waals surface area (Å²) < 4.78 is 5.37. The van der Waals surface area contributed by atoms with Gasteiger partial charge in [0.15, 0.2) is 0 Å². The van der Waals surface area contributed by atoms with Crippen LogP contribution in [0.2, 0.25) is 0 Å².